The summed E-state index contributed by atoms with van der Waals surface area (Å²) in [5.41, 5.74) is 7.51. The fourth-order valence-corrected chi connectivity index (χ4v) is 3.33. The van der Waals surface area contributed by atoms with Crippen molar-refractivity contribution in [2.24, 2.45) is 0 Å². The van der Waals surface area contributed by atoms with E-state index in [4.69, 9.17) is 17.3 Å². The van der Waals surface area contributed by atoms with Gasteiger partial charge in [0.15, 0.2) is 4.83 Å². The summed E-state index contributed by atoms with van der Waals surface area (Å²) in [6, 6.07) is 7.57. The normalized spacial score (nSPS) is 11.1. The lowest BCUT2D eigenvalue weighted by atomic mass is 10.2. The van der Waals surface area contributed by atoms with Crippen LogP contribution in [0.4, 0.5) is 5.95 Å². The molecule has 3 aromatic rings. The van der Waals surface area contributed by atoms with Gasteiger partial charge in [-0.2, -0.15) is 0 Å². The molecule has 0 saturated carbocycles. The highest BCUT2D eigenvalue weighted by atomic mass is 35.5. The third-order valence-corrected chi connectivity index (χ3v) is 4.45. The average molecular weight is 309 g/mol. The van der Waals surface area contributed by atoms with Crippen LogP contribution in [0.1, 0.15) is 0 Å². The molecule has 0 fully saturated rings. The molecule has 7 heteroatoms. The second kappa shape index (κ2) is 4.96. The number of rotatable bonds is 2. The average Bonchev–Trinajstić information content (AvgIpc) is 2.82. The molecule has 0 aliphatic rings. The van der Waals surface area contributed by atoms with E-state index in [1.54, 1.807) is 0 Å². The van der Waals surface area contributed by atoms with E-state index in [0.29, 0.717) is 5.02 Å². The van der Waals surface area contributed by atoms with E-state index < -0.39 is 0 Å². The maximum absolute atomic E-state index is 5.89. The van der Waals surface area contributed by atoms with Gasteiger partial charge in [0.1, 0.15) is 15.6 Å². The number of hydrogen-bond acceptors (Lipinski definition) is 6. The number of halogens is 1. The lowest BCUT2D eigenvalue weighted by Gasteiger charge is -1.97. The van der Waals surface area contributed by atoms with Crippen molar-refractivity contribution in [2.45, 2.75) is 5.03 Å². The van der Waals surface area contributed by atoms with Gasteiger partial charge in [-0.3, -0.25) is 0 Å². The molecule has 0 aliphatic carbocycles. The van der Waals surface area contributed by atoms with Crippen LogP contribution in [0.25, 0.3) is 20.9 Å². The summed E-state index contributed by atoms with van der Waals surface area (Å²) in [4.78, 5) is 13.8. The molecule has 1 aromatic carbocycles. The third kappa shape index (κ3) is 2.39. The molecule has 2 N–H and O–H groups in total. The van der Waals surface area contributed by atoms with Crippen molar-refractivity contribution in [1.29, 1.82) is 0 Å². The molecular formula is C12H9ClN4S2. The van der Waals surface area contributed by atoms with Gasteiger partial charge < -0.3 is 5.73 Å². The highest BCUT2D eigenvalue weighted by Gasteiger charge is 2.13. The lowest BCUT2D eigenvalue weighted by Crippen LogP contribution is -1.95. The molecule has 19 heavy (non-hydrogen) atoms. The van der Waals surface area contributed by atoms with Crippen LogP contribution in [0.3, 0.4) is 0 Å². The second-order valence-corrected chi connectivity index (χ2v) is 5.98. The molecule has 96 valence electrons. The largest absolute Gasteiger partial charge is 0.368 e. The van der Waals surface area contributed by atoms with Crippen LogP contribution in [-0.4, -0.2) is 21.2 Å². The summed E-state index contributed by atoms with van der Waals surface area (Å²) in [6.07, 6.45) is 1.95. The Kier molecular flexibility index (Phi) is 3.30. The molecule has 0 atom stereocenters. The zero-order valence-corrected chi connectivity index (χ0v) is 12.3. The summed E-state index contributed by atoms with van der Waals surface area (Å²) in [6.45, 7) is 0. The van der Waals surface area contributed by atoms with Crippen LogP contribution >= 0.6 is 34.7 Å². The van der Waals surface area contributed by atoms with Gasteiger partial charge in [0, 0.05) is 10.6 Å². The first-order valence-corrected chi connectivity index (χ1v) is 7.83. The number of nitrogens with two attached hydrogens (primary N) is 1. The van der Waals surface area contributed by atoms with Crippen LogP contribution < -0.4 is 5.73 Å². The Hall–Kier alpha value is -1.37. The molecule has 2 heterocycles. The number of anilines is 1. The Morgan fingerprint density at radius 1 is 1.16 bits per heavy atom. The number of hydrogen-bond donors (Lipinski definition) is 1. The van der Waals surface area contributed by atoms with E-state index >= 15 is 0 Å². The Labute approximate surface area is 123 Å². The van der Waals surface area contributed by atoms with Gasteiger partial charge in [0.2, 0.25) is 5.95 Å². The van der Waals surface area contributed by atoms with Crippen LogP contribution in [0.2, 0.25) is 5.02 Å². The smallest absolute Gasteiger partial charge is 0.222 e. The number of thioether (sulfide) groups is 1. The molecular weight excluding hydrogens is 300 g/mol. The molecule has 0 unspecified atom stereocenters. The Balaban J connectivity index is 2.18. The van der Waals surface area contributed by atoms with Gasteiger partial charge in [-0.1, -0.05) is 35.1 Å². The van der Waals surface area contributed by atoms with Crippen molar-refractivity contribution in [3.05, 3.63) is 29.3 Å². The number of thiazole rings is 1. The minimum Gasteiger partial charge on any atom is -0.368 e. The molecule has 4 nitrogen and oxygen atoms in total. The van der Waals surface area contributed by atoms with Gasteiger partial charge in [-0.05, 0) is 18.4 Å². The van der Waals surface area contributed by atoms with Gasteiger partial charge in [0.05, 0.1) is 0 Å². The van der Waals surface area contributed by atoms with Crippen molar-refractivity contribution in [1.82, 2.24) is 15.0 Å². The van der Waals surface area contributed by atoms with E-state index in [2.05, 4.69) is 15.0 Å². The maximum atomic E-state index is 5.89. The minimum absolute atomic E-state index is 0.281. The first-order valence-electron chi connectivity index (χ1n) is 5.41. The highest BCUT2D eigenvalue weighted by molar-refractivity contribution is 7.98. The quantitative estimate of drug-likeness (QED) is 0.577. The van der Waals surface area contributed by atoms with Crippen molar-refractivity contribution in [2.75, 3.05) is 12.0 Å². The standard InChI is InChI=1S/C12H9ClN4S2/c1-18-10-8-11(17-12(14)16-10)19-9(15-8)6-2-4-7(13)5-3-6/h2-5H,1H3,(H2,14,16,17). The fraction of sp³-hybridized carbons (Fsp3) is 0.0833. The minimum atomic E-state index is 0.281. The molecule has 0 bridgehead atoms. The summed E-state index contributed by atoms with van der Waals surface area (Å²) < 4.78 is 0. The van der Waals surface area contributed by atoms with Gasteiger partial charge in [-0.25, -0.2) is 15.0 Å². The van der Waals surface area contributed by atoms with Crippen molar-refractivity contribution >= 4 is 51.0 Å². The van der Waals surface area contributed by atoms with E-state index in [1.807, 2.05) is 30.5 Å². The van der Waals surface area contributed by atoms with Crippen molar-refractivity contribution in [3.63, 3.8) is 0 Å². The Bertz CT molecular complexity index is 739. The van der Waals surface area contributed by atoms with Crippen LogP contribution in [0.5, 0.6) is 0 Å². The molecule has 0 saturated heterocycles. The SMILES string of the molecule is CSc1nc(N)nc2sc(-c3ccc(Cl)cc3)nc12. The molecule has 0 spiro atoms. The van der Waals surface area contributed by atoms with Gasteiger partial charge in [0.25, 0.3) is 0 Å². The summed E-state index contributed by atoms with van der Waals surface area (Å²) >= 11 is 8.90. The first-order chi connectivity index (χ1) is 9.17. The Morgan fingerprint density at radius 3 is 2.58 bits per heavy atom. The monoisotopic (exact) mass is 308 g/mol. The van der Waals surface area contributed by atoms with Gasteiger partial charge >= 0.3 is 0 Å². The van der Waals surface area contributed by atoms with Gasteiger partial charge in [-0.15, -0.1) is 11.8 Å². The van der Waals surface area contributed by atoms with Crippen LogP contribution in [0.15, 0.2) is 29.3 Å². The highest BCUT2D eigenvalue weighted by Crippen LogP contribution is 2.33. The predicted octanol–water partition coefficient (Wildman–Crippen LogP) is 3.71. The lowest BCUT2D eigenvalue weighted by molar-refractivity contribution is 1.11. The van der Waals surface area contributed by atoms with E-state index in [0.717, 1.165) is 25.9 Å². The topological polar surface area (TPSA) is 64.7 Å². The van der Waals surface area contributed by atoms with Crippen LogP contribution in [-0.2, 0) is 0 Å². The number of fused-ring (bicyclic) bond motifs is 1. The zero-order valence-electron chi connectivity index (χ0n) is 9.92. The predicted molar refractivity (Wildman–Crippen MR) is 81.8 cm³/mol. The zero-order chi connectivity index (χ0) is 13.4. The number of nitrogens with zero attached hydrogens (tertiary/aromatic N) is 3. The first kappa shape index (κ1) is 12.7. The molecule has 0 radical (unpaired) electrons. The third-order valence-electron chi connectivity index (χ3n) is 2.53. The van der Waals surface area contributed by atoms with E-state index in [-0.39, 0.29) is 5.95 Å². The fourth-order valence-electron chi connectivity index (χ4n) is 1.67. The van der Waals surface area contributed by atoms with E-state index in [9.17, 15) is 0 Å². The second-order valence-electron chi connectivity index (χ2n) is 3.77. The number of aromatic nitrogens is 3. The summed E-state index contributed by atoms with van der Waals surface area (Å²) in [5.74, 6) is 0.281. The Morgan fingerprint density at radius 2 is 1.89 bits per heavy atom. The summed E-state index contributed by atoms with van der Waals surface area (Å²) in [5, 5.41) is 2.40. The molecule has 0 amide bonds. The van der Waals surface area contributed by atoms with E-state index in [1.165, 1.54) is 23.1 Å². The number of benzene rings is 1. The van der Waals surface area contributed by atoms with Crippen molar-refractivity contribution < 1.29 is 0 Å². The van der Waals surface area contributed by atoms with Crippen molar-refractivity contribution in [3.8, 4) is 10.6 Å². The number of nitrogen functional groups attached to an aromatic ring is 1. The molecule has 2 aromatic heterocycles. The molecule has 3 rings (SSSR count). The maximum Gasteiger partial charge on any atom is 0.222 e. The van der Waals surface area contributed by atoms with Crippen LogP contribution in [0, 0.1) is 0 Å². The summed E-state index contributed by atoms with van der Waals surface area (Å²) in [7, 11) is 0. The molecule has 0 aliphatic heterocycles.